The maximum atomic E-state index is 13.0. The number of aromatic nitrogens is 2. The molecule has 4 saturated carbocycles. The zero-order valence-electron chi connectivity index (χ0n) is 20.7. The van der Waals surface area contributed by atoms with Crippen molar-refractivity contribution in [3.8, 4) is 11.3 Å². The van der Waals surface area contributed by atoms with Gasteiger partial charge in [-0.2, -0.15) is 0 Å². The topological polar surface area (TPSA) is 79.2 Å². The predicted molar refractivity (Wildman–Crippen MR) is 140 cm³/mol. The first-order chi connectivity index (χ1) is 17.5. The van der Waals surface area contributed by atoms with Crippen LogP contribution in [0.4, 0.5) is 10.5 Å². The molecule has 1 aliphatic heterocycles. The van der Waals surface area contributed by atoms with Crippen molar-refractivity contribution in [2.24, 2.45) is 23.7 Å². The Bertz CT molecular complexity index is 1280. The van der Waals surface area contributed by atoms with Crippen LogP contribution < -0.4 is 10.6 Å². The van der Waals surface area contributed by atoms with Gasteiger partial charge in [-0.3, -0.25) is 0 Å². The molecule has 0 spiro atoms. The molecule has 2 heterocycles. The molecule has 3 N–H and O–H groups in total. The highest BCUT2D eigenvalue weighted by Crippen LogP contribution is 2.60. The Kier molecular flexibility index (Phi) is 5.04. The lowest BCUT2D eigenvalue weighted by Crippen LogP contribution is -2.64. The molecular weight excluding hydrogens is 448 g/mol. The number of aliphatic hydroxyl groups is 1. The summed E-state index contributed by atoms with van der Waals surface area (Å²) < 4.78 is 2.24. The minimum atomic E-state index is -0.357. The van der Waals surface area contributed by atoms with Crippen molar-refractivity contribution < 1.29 is 9.90 Å². The van der Waals surface area contributed by atoms with E-state index in [2.05, 4.69) is 44.5 Å². The number of anilines is 1. The normalized spacial score (nSPS) is 32.1. The van der Waals surface area contributed by atoms with Crippen LogP contribution in [0.3, 0.4) is 0 Å². The third-order valence-electron chi connectivity index (χ3n) is 9.54. The summed E-state index contributed by atoms with van der Waals surface area (Å²) in [6, 6.07) is 16.5. The number of carbonyl (C=O) groups is 1. The minimum absolute atomic E-state index is 0.104. The number of hydrogen-bond donors (Lipinski definition) is 3. The van der Waals surface area contributed by atoms with Crippen LogP contribution in [0.1, 0.15) is 55.7 Å². The van der Waals surface area contributed by atoms with Gasteiger partial charge < -0.3 is 20.3 Å². The zero-order chi connectivity index (χ0) is 24.4. The monoisotopic (exact) mass is 482 g/mol. The van der Waals surface area contributed by atoms with Gasteiger partial charge >= 0.3 is 6.03 Å². The molecule has 2 aromatic carbocycles. The van der Waals surface area contributed by atoms with Gasteiger partial charge in [0.2, 0.25) is 0 Å². The van der Waals surface area contributed by atoms with Crippen molar-refractivity contribution >= 4 is 11.7 Å². The molecule has 2 amide bonds. The van der Waals surface area contributed by atoms with E-state index in [-0.39, 0.29) is 23.7 Å². The van der Waals surface area contributed by atoms with Gasteiger partial charge in [0.05, 0.1) is 30.4 Å². The maximum Gasteiger partial charge on any atom is 0.319 e. The molecule has 4 atom stereocenters. The Morgan fingerprint density at radius 3 is 2.64 bits per heavy atom. The van der Waals surface area contributed by atoms with Crippen molar-refractivity contribution in [3.63, 3.8) is 0 Å². The van der Waals surface area contributed by atoms with Gasteiger partial charge in [0.15, 0.2) is 0 Å². The lowest BCUT2D eigenvalue weighted by atomic mass is 9.48. The summed E-state index contributed by atoms with van der Waals surface area (Å²) in [6.07, 6.45) is 9.58. The smallest absolute Gasteiger partial charge is 0.319 e. The van der Waals surface area contributed by atoms with Crippen LogP contribution in [0.5, 0.6) is 0 Å². The lowest BCUT2D eigenvalue weighted by molar-refractivity contribution is -0.108. The Balaban J connectivity index is 1.07. The Morgan fingerprint density at radius 2 is 1.86 bits per heavy atom. The van der Waals surface area contributed by atoms with Crippen molar-refractivity contribution in [1.82, 2.24) is 14.9 Å². The Labute approximate surface area is 212 Å². The van der Waals surface area contributed by atoms with Gasteiger partial charge in [0.1, 0.15) is 0 Å². The fraction of sp³-hybridized carbons (Fsp3) is 0.467. The second kappa shape index (κ2) is 8.20. The third kappa shape index (κ3) is 3.57. The van der Waals surface area contributed by atoms with Gasteiger partial charge in [-0.05, 0) is 86.8 Å². The summed E-state index contributed by atoms with van der Waals surface area (Å²) in [4.78, 5) is 17.3. The largest absolute Gasteiger partial charge is 0.393 e. The first-order valence-corrected chi connectivity index (χ1v) is 13.4. The summed E-state index contributed by atoms with van der Waals surface area (Å²) in [5.41, 5.74) is 5.54. The van der Waals surface area contributed by atoms with Gasteiger partial charge in [-0.15, -0.1) is 0 Å². The molecular formula is C30H34N4O2. The Morgan fingerprint density at radius 1 is 1.11 bits per heavy atom. The molecule has 4 aliphatic carbocycles. The SMILES string of the molecule is Cc1ccc(NC(=O)NC23CC4CC(C2)C([C@@H](O)CC2c5ccccc5-c5cncn52)C(C4)C3)cc1. The quantitative estimate of drug-likeness (QED) is 0.447. The first-order valence-electron chi connectivity index (χ1n) is 13.4. The third-order valence-corrected chi connectivity index (χ3v) is 9.54. The first kappa shape index (κ1) is 22.1. The highest BCUT2D eigenvalue weighted by atomic mass is 16.3. The molecule has 4 fully saturated rings. The molecule has 3 unspecified atom stereocenters. The van der Waals surface area contributed by atoms with Crippen molar-refractivity contribution in [2.45, 2.75) is 63.1 Å². The fourth-order valence-corrected chi connectivity index (χ4v) is 8.44. The van der Waals surface area contributed by atoms with E-state index in [1.807, 2.05) is 43.7 Å². The lowest BCUT2D eigenvalue weighted by Gasteiger charge is -2.61. The molecule has 1 aromatic heterocycles. The summed E-state index contributed by atoms with van der Waals surface area (Å²) in [7, 11) is 0. The average Bonchev–Trinajstić information content (AvgIpc) is 3.42. The molecule has 8 rings (SSSR count). The number of nitrogens with zero attached hydrogens (tertiary/aromatic N) is 2. The maximum absolute atomic E-state index is 13.0. The number of rotatable bonds is 5. The summed E-state index contributed by atoms with van der Waals surface area (Å²) in [5.74, 6) is 1.88. The highest BCUT2D eigenvalue weighted by molar-refractivity contribution is 5.89. The van der Waals surface area contributed by atoms with Crippen LogP contribution in [0.2, 0.25) is 0 Å². The molecule has 3 aromatic rings. The molecule has 5 aliphatic rings. The number of benzene rings is 2. The minimum Gasteiger partial charge on any atom is -0.393 e. The second-order valence-electron chi connectivity index (χ2n) is 11.9. The van der Waals surface area contributed by atoms with Crippen LogP contribution in [0.15, 0.2) is 61.1 Å². The van der Waals surface area contributed by atoms with Crippen LogP contribution in [0.25, 0.3) is 11.3 Å². The predicted octanol–water partition coefficient (Wildman–Crippen LogP) is 5.53. The average molecular weight is 483 g/mol. The molecule has 6 nitrogen and oxygen atoms in total. The van der Waals surface area contributed by atoms with Crippen molar-refractivity contribution in [1.29, 1.82) is 0 Å². The number of hydrogen-bond acceptors (Lipinski definition) is 3. The van der Waals surface area contributed by atoms with E-state index in [9.17, 15) is 9.90 Å². The van der Waals surface area contributed by atoms with Gasteiger partial charge in [0, 0.05) is 16.8 Å². The molecule has 0 saturated heterocycles. The molecule has 6 heteroatoms. The van der Waals surface area contributed by atoms with Crippen LogP contribution in [0, 0.1) is 30.6 Å². The van der Waals surface area contributed by atoms with Gasteiger partial charge in [-0.25, -0.2) is 9.78 Å². The number of imidazole rings is 1. The number of aliphatic hydroxyl groups excluding tert-OH is 1. The van der Waals surface area contributed by atoms with Gasteiger partial charge in [-0.1, -0.05) is 42.0 Å². The summed E-state index contributed by atoms with van der Waals surface area (Å²) in [6.45, 7) is 2.05. The Hall–Kier alpha value is -3.12. The summed E-state index contributed by atoms with van der Waals surface area (Å²) >= 11 is 0. The number of aryl methyl sites for hydroxylation is 1. The number of fused-ring (bicyclic) bond motifs is 3. The highest BCUT2D eigenvalue weighted by Gasteiger charge is 2.57. The van der Waals surface area contributed by atoms with Crippen molar-refractivity contribution in [2.75, 3.05) is 5.32 Å². The molecule has 36 heavy (non-hydrogen) atoms. The molecule has 4 bridgehead atoms. The number of amides is 2. The van der Waals surface area contributed by atoms with Crippen LogP contribution in [-0.4, -0.2) is 32.3 Å². The van der Waals surface area contributed by atoms with Crippen molar-refractivity contribution in [3.05, 3.63) is 72.2 Å². The number of carbonyl (C=O) groups excluding carboxylic acids is 1. The second-order valence-corrected chi connectivity index (χ2v) is 11.9. The number of nitrogens with one attached hydrogen (secondary N) is 2. The van der Waals surface area contributed by atoms with Crippen LogP contribution >= 0.6 is 0 Å². The zero-order valence-corrected chi connectivity index (χ0v) is 20.7. The van der Waals surface area contributed by atoms with Crippen LogP contribution in [-0.2, 0) is 0 Å². The fourth-order valence-electron chi connectivity index (χ4n) is 8.44. The molecule has 186 valence electrons. The van der Waals surface area contributed by atoms with E-state index in [0.29, 0.717) is 23.7 Å². The van der Waals surface area contributed by atoms with E-state index in [4.69, 9.17) is 0 Å². The summed E-state index contributed by atoms with van der Waals surface area (Å²) in [5, 5.41) is 18.1. The standard InChI is InChI=1S/C30H34N4O2/c1-18-6-8-22(9-7-18)32-29(36)33-30-13-19-10-20(14-30)28(21(11-19)15-30)27(35)12-25-23-4-2-3-5-24(23)26-16-31-17-34(25)26/h2-9,16-17,19-21,25,27-28,35H,10-15H2,1H3,(H2,32,33,36)/t19?,20?,21?,25?,27-,28?,30?/m0/s1. The van der Waals surface area contributed by atoms with E-state index in [1.54, 1.807) is 0 Å². The van der Waals surface area contributed by atoms with E-state index >= 15 is 0 Å². The molecule has 0 radical (unpaired) electrons. The van der Waals surface area contributed by atoms with Gasteiger partial charge in [0.25, 0.3) is 0 Å². The van der Waals surface area contributed by atoms with E-state index < -0.39 is 0 Å². The number of urea groups is 1. The van der Waals surface area contributed by atoms with E-state index in [1.165, 1.54) is 29.5 Å². The van der Waals surface area contributed by atoms with E-state index in [0.717, 1.165) is 37.1 Å².